The summed E-state index contributed by atoms with van der Waals surface area (Å²) < 4.78 is 66.5. The first kappa shape index (κ1) is 31.1. The number of halogens is 5. The van der Waals surface area contributed by atoms with E-state index in [0.29, 0.717) is 18.7 Å². The zero-order valence-electron chi connectivity index (χ0n) is 19.7. The van der Waals surface area contributed by atoms with Crippen molar-refractivity contribution in [1.82, 2.24) is 15.5 Å². The van der Waals surface area contributed by atoms with E-state index in [-0.39, 0.29) is 11.5 Å². The van der Waals surface area contributed by atoms with Gasteiger partial charge in [0.25, 0.3) is 11.6 Å². The highest BCUT2D eigenvalue weighted by Crippen LogP contribution is 2.39. The molecule has 6 nitrogen and oxygen atoms in total. The molecule has 1 atom stereocenters. The molecule has 1 aliphatic heterocycles. The SMILES string of the molecule is C=O.C=O.CCNC1(CN2CCC(CNC(=O)c3cc(C(F)(F)F)cc(C(F)(F)P)c3)CC2)CC1. The van der Waals surface area contributed by atoms with Crippen molar-refractivity contribution in [2.45, 2.75) is 50.0 Å². The first-order valence-corrected chi connectivity index (χ1v) is 11.7. The van der Waals surface area contributed by atoms with E-state index in [0.717, 1.165) is 45.1 Å². The maximum Gasteiger partial charge on any atom is 0.416 e. The molecule has 2 N–H and O–H groups in total. The summed E-state index contributed by atoms with van der Waals surface area (Å²) >= 11 is 0. The first-order valence-electron chi connectivity index (χ1n) is 11.1. The summed E-state index contributed by atoms with van der Waals surface area (Å²) in [5, 5.41) is 6.18. The van der Waals surface area contributed by atoms with Gasteiger partial charge in [0.2, 0.25) is 0 Å². The summed E-state index contributed by atoms with van der Waals surface area (Å²) in [6, 6.07) is 1.81. The van der Waals surface area contributed by atoms with Crippen molar-refractivity contribution in [3.63, 3.8) is 0 Å². The molecule has 198 valence electrons. The molecule has 12 heteroatoms. The monoisotopic (exact) mass is 525 g/mol. The summed E-state index contributed by atoms with van der Waals surface area (Å²) in [5.74, 6) is -0.559. The van der Waals surface area contributed by atoms with Crippen LogP contribution in [0.2, 0.25) is 0 Å². The van der Waals surface area contributed by atoms with Gasteiger partial charge in [0.1, 0.15) is 13.6 Å². The average molecular weight is 525 g/mol. The van der Waals surface area contributed by atoms with Gasteiger partial charge in [0.15, 0.2) is 0 Å². The minimum Gasteiger partial charge on any atom is -0.352 e. The first-order chi connectivity index (χ1) is 16.4. The molecule has 1 heterocycles. The van der Waals surface area contributed by atoms with E-state index >= 15 is 0 Å². The van der Waals surface area contributed by atoms with Crippen molar-refractivity contribution in [2.24, 2.45) is 5.92 Å². The number of amides is 1. The summed E-state index contributed by atoms with van der Waals surface area (Å²) in [5.41, 5.74) is -5.85. The fraction of sp³-hybridized carbons (Fsp3) is 0.609. The van der Waals surface area contributed by atoms with E-state index in [4.69, 9.17) is 9.59 Å². The van der Waals surface area contributed by atoms with Crippen LogP contribution in [0.25, 0.3) is 0 Å². The van der Waals surface area contributed by atoms with Crippen LogP contribution in [0.15, 0.2) is 18.2 Å². The average Bonchev–Trinajstić information content (AvgIpc) is 3.58. The molecule has 0 bridgehead atoms. The van der Waals surface area contributed by atoms with Crippen molar-refractivity contribution in [1.29, 1.82) is 0 Å². The molecular weight excluding hydrogens is 492 g/mol. The number of carbonyl (C=O) groups excluding carboxylic acids is 3. The predicted molar refractivity (Wildman–Crippen MR) is 126 cm³/mol. The van der Waals surface area contributed by atoms with Crippen LogP contribution < -0.4 is 10.6 Å². The highest BCUT2D eigenvalue weighted by atomic mass is 31.0. The maximum absolute atomic E-state index is 13.6. The van der Waals surface area contributed by atoms with Gasteiger partial charge in [-0.25, -0.2) is 0 Å². The van der Waals surface area contributed by atoms with Crippen molar-refractivity contribution in [3.05, 3.63) is 34.9 Å². The third-order valence-corrected chi connectivity index (χ3v) is 6.43. The fourth-order valence-corrected chi connectivity index (χ4v) is 4.31. The van der Waals surface area contributed by atoms with Gasteiger partial charge in [-0.05, 0) is 69.4 Å². The Bertz CT molecular complexity index is 789. The molecule has 1 saturated heterocycles. The van der Waals surface area contributed by atoms with Crippen molar-refractivity contribution in [2.75, 3.05) is 32.7 Å². The van der Waals surface area contributed by atoms with Crippen molar-refractivity contribution >= 4 is 28.7 Å². The minimum atomic E-state index is -4.82. The van der Waals surface area contributed by atoms with E-state index in [1.165, 1.54) is 22.1 Å². The number of likely N-dealkylation sites (N-methyl/N-ethyl adjacent to an activating group) is 1. The van der Waals surface area contributed by atoms with Gasteiger partial charge in [-0.15, -0.1) is 0 Å². The van der Waals surface area contributed by atoms with Gasteiger partial charge in [-0.1, -0.05) is 16.2 Å². The smallest absolute Gasteiger partial charge is 0.352 e. The quantitative estimate of drug-likeness (QED) is 0.399. The molecule has 0 aromatic heterocycles. The fourth-order valence-electron chi connectivity index (χ4n) is 4.15. The molecule has 1 aromatic rings. The molecule has 35 heavy (non-hydrogen) atoms. The van der Waals surface area contributed by atoms with Gasteiger partial charge >= 0.3 is 6.18 Å². The summed E-state index contributed by atoms with van der Waals surface area (Å²) in [6.45, 7) is 10.2. The lowest BCUT2D eigenvalue weighted by Gasteiger charge is -2.34. The van der Waals surface area contributed by atoms with Crippen LogP contribution in [-0.4, -0.2) is 62.6 Å². The Morgan fingerprint density at radius 3 is 2.06 bits per heavy atom. The van der Waals surface area contributed by atoms with Crippen molar-refractivity contribution < 1.29 is 36.3 Å². The molecule has 1 unspecified atom stereocenters. The summed E-state index contributed by atoms with van der Waals surface area (Å²) in [6.07, 6.45) is -0.699. The molecule has 1 aliphatic carbocycles. The summed E-state index contributed by atoms with van der Waals surface area (Å²) in [7, 11) is 1.21. The van der Waals surface area contributed by atoms with Gasteiger partial charge < -0.3 is 25.1 Å². The second-order valence-corrected chi connectivity index (χ2v) is 9.39. The minimum absolute atomic E-state index is 0.211. The van der Waals surface area contributed by atoms with Gasteiger partial charge in [-0.2, -0.15) is 22.0 Å². The Morgan fingerprint density at radius 1 is 1.06 bits per heavy atom. The van der Waals surface area contributed by atoms with Crippen LogP contribution in [-0.2, 0) is 21.4 Å². The van der Waals surface area contributed by atoms with E-state index in [1.54, 1.807) is 0 Å². The van der Waals surface area contributed by atoms with E-state index < -0.39 is 34.4 Å². The van der Waals surface area contributed by atoms with E-state index in [1.807, 2.05) is 13.6 Å². The van der Waals surface area contributed by atoms with Gasteiger partial charge in [0, 0.05) is 29.8 Å². The number of nitrogens with zero attached hydrogens (tertiary/aromatic N) is 1. The van der Waals surface area contributed by atoms with E-state index in [2.05, 4.69) is 22.5 Å². The molecule has 3 rings (SSSR count). The summed E-state index contributed by atoms with van der Waals surface area (Å²) in [4.78, 5) is 30.8. The molecule has 1 saturated carbocycles. The Morgan fingerprint density at radius 2 is 1.60 bits per heavy atom. The number of rotatable bonds is 8. The molecule has 0 radical (unpaired) electrons. The highest BCUT2D eigenvalue weighted by molar-refractivity contribution is 7.17. The topological polar surface area (TPSA) is 78.5 Å². The number of likely N-dealkylation sites (tertiary alicyclic amines) is 1. The van der Waals surface area contributed by atoms with Crippen LogP contribution >= 0.6 is 9.24 Å². The number of carbonyl (C=O) groups is 3. The second kappa shape index (κ2) is 13.4. The zero-order chi connectivity index (χ0) is 26.9. The molecule has 1 amide bonds. The Kier molecular flexibility index (Phi) is 11.9. The van der Waals surface area contributed by atoms with Crippen LogP contribution in [0.1, 0.15) is 54.1 Å². The van der Waals surface area contributed by atoms with Crippen LogP contribution in [0.4, 0.5) is 22.0 Å². The number of hydrogen-bond donors (Lipinski definition) is 2. The van der Waals surface area contributed by atoms with Crippen LogP contribution in [0, 0.1) is 5.92 Å². The molecular formula is C23H33F5N3O3P. The third-order valence-electron chi connectivity index (χ3n) is 6.10. The number of hydrogen-bond acceptors (Lipinski definition) is 5. The van der Waals surface area contributed by atoms with Crippen molar-refractivity contribution in [3.8, 4) is 0 Å². The predicted octanol–water partition coefficient (Wildman–Crippen LogP) is 3.84. The lowest BCUT2D eigenvalue weighted by Crippen LogP contribution is -2.47. The van der Waals surface area contributed by atoms with Gasteiger partial charge in [0.05, 0.1) is 5.56 Å². The highest BCUT2D eigenvalue weighted by Gasteiger charge is 2.43. The van der Waals surface area contributed by atoms with Crippen LogP contribution in [0.3, 0.4) is 0 Å². The number of alkyl halides is 5. The molecule has 1 aromatic carbocycles. The normalized spacial score (nSPS) is 17.9. The largest absolute Gasteiger partial charge is 0.416 e. The lowest BCUT2D eigenvalue weighted by atomic mass is 9.96. The third kappa shape index (κ3) is 9.54. The van der Waals surface area contributed by atoms with E-state index in [9.17, 15) is 26.7 Å². The maximum atomic E-state index is 13.6. The standard InChI is InChI=1S/C21H29F5N3OP.2CH2O/c1-2-28-19(5-6-19)13-29-7-3-14(4-8-29)12-27-18(30)15-9-16(20(22,23)24)11-17(10-15)21(25,26)31;2*1-2/h9-11,14,28H,2-8,12-13,31H2,1H3,(H,27,30);2*1H2. The number of piperidine rings is 1. The van der Waals surface area contributed by atoms with Gasteiger partial charge in [-0.3, -0.25) is 4.79 Å². The Labute approximate surface area is 204 Å². The lowest BCUT2D eigenvalue weighted by molar-refractivity contribution is -0.137. The Balaban J connectivity index is 0.00000145. The zero-order valence-corrected chi connectivity index (χ0v) is 20.9. The number of nitrogens with one attached hydrogen (secondary N) is 2. The molecule has 0 spiro atoms. The Hall–Kier alpha value is -1.97. The second-order valence-electron chi connectivity index (χ2n) is 8.66. The molecule has 2 aliphatic rings. The molecule has 2 fully saturated rings. The number of benzene rings is 1. The van der Waals surface area contributed by atoms with Crippen LogP contribution in [0.5, 0.6) is 0 Å².